The summed E-state index contributed by atoms with van der Waals surface area (Å²) in [5.41, 5.74) is 6.44. The molecule has 5 heteroatoms. The summed E-state index contributed by atoms with van der Waals surface area (Å²) in [6.07, 6.45) is 1.20. The average Bonchev–Trinajstić information content (AvgIpc) is 2.35. The molecule has 3 N–H and O–H groups in total. The van der Waals surface area contributed by atoms with Crippen LogP contribution in [0.3, 0.4) is 0 Å². The Morgan fingerprint density at radius 1 is 1.31 bits per heavy atom. The highest BCUT2D eigenvalue weighted by molar-refractivity contribution is 5.79. The second-order valence-electron chi connectivity index (χ2n) is 3.28. The van der Waals surface area contributed by atoms with E-state index < -0.39 is 0 Å². The lowest BCUT2D eigenvalue weighted by molar-refractivity contribution is 0.317. The minimum atomic E-state index is 0.217. The van der Waals surface area contributed by atoms with E-state index in [0.717, 1.165) is 5.56 Å². The Balaban J connectivity index is 2.75. The molecule has 1 aromatic rings. The van der Waals surface area contributed by atoms with E-state index in [0.29, 0.717) is 24.3 Å². The van der Waals surface area contributed by atoms with E-state index in [4.69, 9.17) is 20.4 Å². The van der Waals surface area contributed by atoms with Gasteiger partial charge in [-0.25, -0.2) is 0 Å². The second-order valence-corrected chi connectivity index (χ2v) is 3.28. The van der Waals surface area contributed by atoms with Gasteiger partial charge >= 0.3 is 0 Å². The molecule has 0 radical (unpaired) electrons. The van der Waals surface area contributed by atoms with Gasteiger partial charge in [-0.2, -0.15) is 0 Å². The Morgan fingerprint density at radius 2 is 2.00 bits per heavy atom. The summed E-state index contributed by atoms with van der Waals surface area (Å²) in [7, 11) is 3.18. The van der Waals surface area contributed by atoms with Gasteiger partial charge in [0.05, 0.1) is 14.2 Å². The number of nitrogens with two attached hydrogens (primary N) is 1. The van der Waals surface area contributed by atoms with Crippen LogP contribution in [0.5, 0.6) is 11.5 Å². The van der Waals surface area contributed by atoms with Crippen LogP contribution in [-0.2, 0) is 6.42 Å². The zero-order valence-electron chi connectivity index (χ0n) is 9.43. The second kappa shape index (κ2) is 5.85. The molecule has 0 aromatic heterocycles. The maximum atomic E-state index is 8.41. The SMILES string of the molecule is COc1ccc(CC/C(N)=N/O)cc1OC. The van der Waals surface area contributed by atoms with E-state index >= 15 is 0 Å². The van der Waals surface area contributed by atoms with Crippen molar-refractivity contribution >= 4 is 5.84 Å². The molecule has 0 saturated carbocycles. The van der Waals surface area contributed by atoms with Crippen LogP contribution in [0.15, 0.2) is 23.4 Å². The van der Waals surface area contributed by atoms with Crippen molar-refractivity contribution < 1.29 is 14.7 Å². The molecule has 0 aliphatic rings. The fraction of sp³-hybridized carbons (Fsp3) is 0.364. The zero-order chi connectivity index (χ0) is 12.0. The van der Waals surface area contributed by atoms with Crippen molar-refractivity contribution in [1.29, 1.82) is 0 Å². The van der Waals surface area contributed by atoms with Gasteiger partial charge in [0, 0.05) is 6.42 Å². The van der Waals surface area contributed by atoms with Crippen molar-refractivity contribution in [2.75, 3.05) is 14.2 Å². The van der Waals surface area contributed by atoms with Gasteiger partial charge in [-0.05, 0) is 24.1 Å². The van der Waals surface area contributed by atoms with E-state index in [1.807, 2.05) is 18.2 Å². The van der Waals surface area contributed by atoms with Crippen LogP contribution in [0.25, 0.3) is 0 Å². The predicted octanol–water partition coefficient (Wildman–Crippen LogP) is 1.38. The molecule has 5 nitrogen and oxygen atoms in total. The van der Waals surface area contributed by atoms with Gasteiger partial charge in [0.15, 0.2) is 11.5 Å². The van der Waals surface area contributed by atoms with Gasteiger partial charge in [-0.1, -0.05) is 11.2 Å². The van der Waals surface area contributed by atoms with Gasteiger partial charge < -0.3 is 20.4 Å². The molecule has 0 heterocycles. The summed E-state index contributed by atoms with van der Waals surface area (Å²) in [4.78, 5) is 0. The lowest BCUT2D eigenvalue weighted by Crippen LogP contribution is -2.12. The van der Waals surface area contributed by atoms with E-state index in [-0.39, 0.29) is 5.84 Å². The highest BCUT2D eigenvalue weighted by atomic mass is 16.5. The van der Waals surface area contributed by atoms with E-state index in [1.54, 1.807) is 14.2 Å². The molecule has 0 unspecified atom stereocenters. The largest absolute Gasteiger partial charge is 0.493 e. The third-order valence-corrected chi connectivity index (χ3v) is 2.25. The van der Waals surface area contributed by atoms with Gasteiger partial charge in [0.25, 0.3) is 0 Å². The number of hydrogen-bond donors (Lipinski definition) is 2. The summed E-state index contributed by atoms with van der Waals surface area (Å²) >= 11 is 0. The summed E-state index contributed by atoms with van der Waals surface area (Å²) in [6, 6.07) is 5.63. The number of rotatable bonds is 5. The molecule has 0 amide bonds. The molecule has 0 aliphatic carbocycles. The molecule has 0 atom stereocenters. The first-order valence-corrected chi connectivity index (χ1v) is 4.88. The topological polar surface area (TPSA) is 77.1 Å². The van der Waals surface area contributed by atoms with Crippen LogP contribution in [0.2, 0.25) is 0 Å². The van der Waals surface area contributed by atoms with Gasteiger partial charge in [0.1, 0.15) is 5.84 Å². The van der Waals surface area contributed by atoms with Gasteiger partial charge in [-0.15, -0.1) is 0 Å². The monoisotopic (exact) mass is 224 g/mol. The smallest absolute Gasteiger partial charge is 0.160 e. The summed E-state index contributed by atoms with van der Waals surface area (Å²) < 4.78 is 10.3. The summed E-state index contributed by atoms with van der Waals surface area (Å²) in [6.45, 7) is 0. The molecule has 88 valence electrons. The maximum absolute atomic E-state index is 8.41. The molecule has 0 aliphatic heterocycles. The molecule has 16 heavy (non-hydrogen) atoms. The van der Waals surface area contributed by atoms with Crippen LogP contribution < -0.4 is 15.2 Å². The van der Waals surface area contributed by atoms with Crippen LogP contribution in [-0.4, -0.2) is 25.3 Å². The molecule has 0 spiro atoms. The van der Waals surface area contributed by atoms with E-state index in [2.05, 4.69) is 5.16 Å². The van der Waals surface area contributed by atoms with Crippen molar-refractivity contribution in [2.24, 2.45) is 10.9 Å². The van der Waals surface area contributed by atoms with E-state index in [9.17, 15) is 0 Å². The quantitative estimate of drug-likeness (QED) is 0.343. The lowest BCUT2D eigenvalue weighted by atomic mass is 10.1. The zero-order valence-corrected chi connectivity index (χ0v) is 9.43. The van der Waals surface area contributed by atoms with Crippen LogP contribution >= 0.6 is 0 Å². The lowest BCUT2D eigenvalue weighted by Gasteiger charge is -2.09. The number of oxime groups is 1. The fourth-order valence-electron chi connectivity index (χ4n) is 1.36. The fourth-order valence-corrected chi connectivity index (χ4v) is 1.36. The molecule has 0 bridgehead atoms. The van der Waals surface area contributed by atoms with Crippen molar-refractivity contribution in [3.8, 4) is 11.5 Å². The van der Waals surface area contributed by atoms with Crippen molar-refractivity contribution in [1.82, 2.24) is 0 Å². The normalized spacial score (nSPS) is 11.2. The molecular weight excluding hydrogens is 208 g/mol. The Hall–Kier alpha value is -1.91. The Labute approximate surface area is 94.5 Å². The first-order chi connectivity index (χ1) is 7.71. The average molecular weight is 224 g/mol. The highest BCUT2D eigenvalue weighted by Crippen LogP contribution is 2.27. The summed E-state index contributed by atoms with van der Waals surface area (Å²) in [5, 5.41) is 11.3. The first-order valence-electron chi connectivity index (χ1n) is 4.88. The van der Waals surface area contributed by atoms with Crippen molar-refractivity contribution in [3.63, 3.8) is 0 Å². The number of amidine groups is 1. The van der Waals surface area contributed by atoms with Crippen LogP contribution in [0.1, 0.15) is 12.0 Å². The Bertz CT molecular complexity index is 377. The van der Waals surface area contributed by atoms with Crippen LogP contribution in [0, 0.1) is 0 Å². The number of benzene rings is 1. The number of ether oxygens (including phenoxy) is 2. The number of methoxy groups -OCH3 is 2. The standard InChI is InChI=1S/C11H16N2O3/c1-15-9-5-3-8(7-10(9)16-2)4-6-11(12)13-14/h3,5,7,14H,4,6H2,1-2H3,(H2,12,13). The highest BCUT2D eigenvalue weighted by Gasteiger charge is 2.04. The molecule has 0 fully saturated rings. The van der Waals surface area contributed by atoms with Gasteiger partial charge in [-0.3, -0.25) is 0 Å². The first kappa shape index (κ1) is 12.2. The summed E-state index contributed by atoms with van der Waals surface area (Å²) in [5.74, 6) is 1.59. The third-order valence-electron chi connectivity index (χ3n) is 2.25. The Kier molecular flexibility index (Phi) is 4.44. The minimum absolute atomic E-state index is 0.217. The predicted molar refractivity (Wildman–Crippen MR) is 61.3 cm³/mol. The van der Waals surface area contributed by atoms with Crippen LogP contribution in [0.4, 0.5) is 0 Å². The van der Waals surface area contributed by atoms with Crippen molar-refractivity contribution in [3.05, 3.63) is 23.8 Å². The molecule has 1 aromatic carbocycles. The third kappa shape index (κ3) is 3.05. The molecule has 0 saturated heterocycles. The number of hydrogen-bond acceptors (Lipinski definition) is 4. The minimum Gasteiger partial charge on any atom is -0.493 e. The Morgan fingerprint density at radius 3 is 2.56 bits per heavy atom. The number of nitrogens with zero attached hydrogens (tertiary/aromatic N) is 1. The molecule has 1 rings (SSSR count). The maximum Gasteiger partial charge on any atom is 0.160 e. The van der Waals surface area contributed by atoms with Crippen molar-refractivity contribution in [2.45, 2.75) is 12.8 Å². The molecular formula is C11H16N2O3. The number of aryl methyl sites for hydroxylation is 1. The van der Waals surface area contributed by atoms with Gasteiger partial charge in [0.2, 0.25) is 0 Å². The van der Waals surface area contributed by atoms with E-state index in [1.165, 1.54) is 0 Å².